The average Bonchev–Trinajstić information content (AvgIpc) is 2.58. The van der Waals surface area contributed by atoms with Crippen molar-refractivity contribution < 1.29 is 14.3 Å². The molecule has 5 nitrogen and oxygen atoms in total. The minimum atomic E-state index is -0.472. The van der Waals surface area contributed by atoms with Crippen LogP contribution in [0.2, 0.25) is 0 Å². The molecule has 0 unspecified atom stereocenters. The molecule has 1 aliphatic rings. The summed E-state index contributed by atoms with van der Waals surface area (Å²) in [6.07, 6.45) is 1.69. The van der Waals surface area contributed by atoms with Crippen molar-refractivity contribution in [2.45, 2.75) is 45.4 Å². The Bertz CT molecular complexity index is 521. The number of rotatable bonds is 6. The third kappa shape index (κ3) is 4.45. The Hall–Kier alpha value is -1.59. The summed E-state index contributed by atoms with van der Waals surface area (Å²) in [7, 11) is 1.64. The minimum Gasteiger partial charge on any atom is -0.497 e. The highest BCUT2D eigenvalue weighted by atomic mass is 16.5. The number of amides is 1. The minimum absolute atomic E-state index is 0.0369. The van der Waals surface area contributed by atoms with E-state index in [0.29, 0.717) is 19.1 Å². The first-order chi connectivity index (χ1) is 11.1. The van der Waals surface area contributed by atoms with Gasteiger partial charge in [-0.2, -0.15) is 0 Å². The molecule has 1 aliphatic heterocycles. The van der Waals surface area contributed by atoms with E-state index in [1.165, 1.54) is 0 Å². The number of ether oxygens (including phenoxy) is 2. The summed E-state index contributed by atoms with van der Waals surface area (Å²) in [6.45, 7) is 5.66. The van der Waals surface area contributed by atoms with Crippen molar-refractivity contribution in [2.75, 3.05) is 20.2 Å². The highest BCUT2D eigenvalue weighted by Crippen LogP contribution is 2.24. The quantitative estimate of drug-likeness (QED) is 0.872. The van der Waals surface area contributed by atoms with Crippen molar-refractivity contribution >= 4 is 5.91 Å². The van der Waals surface area contributed by atoms with E-state index < -0.39 is 6.10 Å². The van der Waals surface area contributed by atoms with Crippen molar-refractivity contribution in [3.8, 4) is 5.75 Å². The van der Waals surface area contributed by atoms with Crippen molar-refractivity contribution in [2.24, 2.45) is 11.7 Å². The van der Waals surface area contributed by atoms with Gasteiger partial charge < -0.3 is 20.1 Å². The zero-order chi connectivity index (χ0) is 16.8. The smallest absolute Gasteiger partial charge is 0.251 e. The van der Waals surface area contributed by atoms with Crippen LogP contribution in [0.5, 0.6) is 5.75 Å². The van der Waals surface area contributed by atoms with Gasteiger partial charge in [0.25, 0.3) is 5.91 Å². The number of nitrogens with two attached hydrogens (primary N) is 1. The lowest BCUT2D eigenvalue weighted by Crippen LogP contribution is -2.54. The molecule has 1 fully saturated rings. The van der Waals surface area contributed by atoms with Gasteiger partial charge in [-0.1, -0.05) is 19.1 Å². The van der Waals surface area contributed by atoms with Gasteiger partial charge in [0.05, 0.1) is 13.7 Å². The van der Waals surface area contributed by atoms with Crippen molar-refractivity contribution in [1.29, 1.82) is 0 Å². The molecule has 0 spiro atoms. The summed E-state index contributed by atoms with van der Waals surface area (Å²) in [6, 6.07) is 7.81. The number of benzene rings is 1. The summed E-state index contributed by atoms with van der Waals surface area (Å²) in [5.41, 5.74) is 6.86. The molecule has 0 aromatic heterocycles. The molecule has 1 aromatic rings. The Labute approximate surface area is 138 Å². The van der Waals surface area contributed by atoms with Crippen LogP contribution in [0, 0.1) is 5.92 Å². The second-order valence-corrected chi connectivity index (χ2v) is 6.26. The van der Waals surface area contributed by atoms with E-state index in [1.807, 2.05) is 36.1 Å². The third-order valence-electron chi connectivity index (χ3n) is 4.62. The molecule has 0 radical (unpaired) electrons. The van der Waals surface area contributed by atoms with Crippen LogP contribution >= 0.6 is 0 Å². The Morgan fingerprint density at radius 2 is 2.26 bits per heavy atom. The molecule has 2 rings (SSSR count). The van der Waals surface area contributed by atoms with Crippen LogP contribution in [-0.4, -0.2) is 43.2 Å². The van der Waals surface area contributed by atoms with Gasteiger partial charge in [0, 0.05) is 19.1 Å². The standard InChI is InChI=1S/C18H28N2O3/c1-13-6-5-9-20(17(13)11-19)18(21)14(2)23-12-15-7-4-8-16(10-15)22-3/h4,7-8,10,13-14,17H,5-6,9,11-12,19H2,1-3H3/t13-,14+,17-/m0/s1. The number of nitrogens with zero attached hydrogens (tertiary/aromatic N) is 1. The van der Waals surface area contributed by atoms with Gasteiger partial charge in [0.1, 0.15) is 11.9 Å². The van der Waals surface area contributed by atoms with E-state index in [1.54, 1.807) is 7.11 Å². The lowest BCUT2D eigenvalue weighted by Gasteiger charge is -2.40. The normalized spacial score (nSPS) is 22.7. The average molecular weight is 320 g/mol. The summed E-state index contributed by atoms with van der Waals surface area (Å²) in [4.78, 5) is 14.6. The number of likely N-dealkylation sites (tertiary alicyclic amines) is 1. The molecule has 1 aromatic carbocycles. The molecule has 2 N–H and O–H groups in total. The molecular weight excluding hydrogens is 292 g/mol. The summed E-state index contributed by atoms with van der Waals surface area (Å²) < 4.78 is 11.0. The molecule has 0 saturated carbocycles. The molecule has 23 heavy (non-hydrogen) atoms. The fraction of sp³-hybridized carbons (Fsp3) is 0.611. The van der Waals surface area contributed by atoms with Gasteiger partial charge in [-0.25, -0.2) is 0 Å². The summed E-state index contributed by atoms with van der Waals surface area (Å²) >= 11 is 0. The second-order valence-electron chi connectivity index (χ2n) is 6.26. The molecule has 1 amide bonds. The van der Waals surface area contributed by atoms with Crippen LogP contribution in [0.25, 0.3) is 0 Å². The Morgan fingerprint density at radius 3 is 2.96 bits per heavy atom. The monoisotopic (exact) mass is 320 g/mol. The highest BCUT2D eigenvalue weighted by Gasteiger charge is 2.33. The predicted octanol–water partition coefficient (Wildman–Crippen LogP) is 2.19. The number of methoxy groups -OCH3 is 1. The zero-order valence-electron chi connectivity index (χ0n) is 14.3. The number of hydrogen-bond donors (Lipinski definition) is 1. The number of carbonyl (C=O) groups excluding carboxylic acids is 1. The van der Waals surface area contributed by atoms with Gasteiger partial charge in [-0.3, -0.25) is 4.79 Å². The molecule has 1 saturated heterocycles. The van der Waals surface area contributed by atoms with Crippen LogP contribution in [0.4, 0.5) is 0 Å². The summed E-state index contributed by atoms with van der Waals surface area (Å²) in [5, 5.41) is 0. The highest BCUT2D eigenvalue weighted by molar-refractivity contribution is 5.81. The lowest BCUT2D eigenvalue weighted by molar-refractivity contribution is -0.148. The molecule has 0 aliphatic carbocycles. The van der Waals surface area contributed by atoms with Crippen molar-refractivity contribution in [3.63, 3.8) is 0 Å². The van der Waals surface area contributed by atoms with Gasteiger partial charge in [0.15, 0.2) is 0 Å². The largest absolute Gasteiger partial charge is 0.497 e. The Kier molecular flexibility index (Phi) is 6.42. The number of hydrogen-bond acceptors (Lipinski definition) is 4. The predicted molar refractivity (Wildman–Crippen MR) is 90.2 cm³/mol. The SMILES string of the molecule is COc1cccc(CO[C@H](C)C(=O)N2CCC[C@H](C)[C@@H]2CN)c1. The Balaban J connectivity index is 1.93. The number of carbonyl (C=O) groups is 1. The second kappa shape index (κ2) is 8.31. The van der Waals surface area contributed by atoms with Gasteiger partial charge in [0.2, 0.25) is 0 Å². The first-order valence-electron chi connectivity index (χ1n) is 8.32. The zero-order valence-corrected chi connectivity index (χ0v) is 14.3. The Morgan fingerprint density at radius 1 is 1.48 bits per heavy atom. The maximum Gasteiger partial charge on any atom is 0.251 e. The van der Waals surface area contributed by atoms with Gasteiger partial charge in [-0.05, 0) is 43.4 Å². The first kappa shape index (κ1) is 17.8. The molecule has 0 bridgehead atoms. The molecule has 128 valence electrons. The van der Waals surface area contributed by atoms with Crippen LogP contribution < -0.4 is 10.5 Å². The van der Waals surface area contributed by atoms with E-state index in [0.717, 1.165) is 30.7 Å². The molecule has 5 heteroatoms. The van der Waals surface area contributed by atoms with Gasteiger partial charge >= 0.3 is 0 Å². The first-order valence-corrected chi connectivity index (χ1v) is 8.32. The summed E-state index contributed by atoms with van der Waals surface area (Å²) in [5.74, 6) is 1.27. The van der Waals surface area contributed by atoms with Gasteiger partial charge in [-0.15, -0.1) is 0 Å². The van der Waals surface area contributed by atoms with Crippen LogP contribution in [-0.2, 0) is 16.1 Å². The topological polar surface area (TPSA) is 64.8 Å². The van der Waals surface area contributed by atoms with E-state index in [9.17, 15) is 4.79 Å². The van der Waals surface area contributed by atoms with E-state index in [-0.39, 0.29) is 11.9 Å². The van der Waals surface area contributed by atoms with Crippen LogP contribution in [0.1, 0.15) is 32.3 Å². The van der Waals surface area contributed by atoms with E-state index in [4.69, 9.17) is 15.2 Å². The third-order valence-corrected chi connectivity index (χ3v) is 4.62. The maximum atomic E-state index is 12.7. The fourth-order valence-electron chi connectivity index (χ4n) is 3.17. The molecule has 3 atom stereocenters. The van der Waals surface area contributed by atoms with Crippen molar-refractivity contribution in [1.82, 2.24) is 4.90 Å². The molecular formula is C18H28N2O3. The maximum absolute atomic E-state index is 12.7. The number of piperidine rings is 1. The van der Waals surface area contributed by atoms with E-state index in [2.05, 4.69) is 6.92 Å². The van der Waals surface area contributed by atoms with E-state index >= 15 is 0 Å². The van der Waals surface area contributed by atoms with Crippen LogP contribution in [0.3, 0.4) is 0 Å². The molecule has 1 heterocycles. The van der Waals surface area contributed by atoms with Crippen LogP contribution in [0.15, 0.2) is 24.3 Å². The fourth-order valence-corrected chi connectivity index (χ4v) is 3.17. The lowest BCUT2D eigenvalue weighted by atomic mass is 9.90. The van der Waals surface area contributed by atoms with Crippen molar-refractivity contribution in [3.05, 3.63) is 29.8 Å².